The van der Waals surface area contributed by atoms with Crippen LogP contribution in [0.2, 0.25) is 0 Å². The molecular formula is C23H26FNO6S. The molecule has 32 heavy (non-hydrogen) atoms. The van der Waals surface area contributed by atoms with Gasteiger partial charge in [-0.25, -0.2) is 17.6 Å². The van der Waals surface area contributed by atoms with Crippen LogP contribution in [0.5, 0.6) is 0 Å². The average molecular weight is 464 g/mol. The summed E-state index contributed by atoms with van der Waals surface area (Å²) in [6.45, 7) is 7.86. The van der Waals surface area contributed by atoms with Crippen LogP contribution in [0.3, 0.4) is 0 Å². The molecule has 1 heterocycles. The summed E-state index contributed by atoms with van der Waals surface area (Å²) >= 11 is 0. The topological polar surface area (TPSA) is 90.0 Å². The van der Waals surface area contributed by atoms with E-state index < -0.39 is 39.8 Å². The molecule has 0 unspecified atom stereocenters. The number of nitrogens with zero attached hydrogens (tertiary/aromatic N) is 1. The lowest BCUT2D eigenvalue weighted by Gasteiger charge is -2.26. The molecular weight excluding hydrogens is 437 g/mol. The highest BCUT2D eigenvalue weighted by Crippen LogP contribution is 2.23. The van der Waals surface area contributed by atoms with Gasteiger partial charge in [-0.3, -0.25) is 4.79 Å². The SMILES string of the molecule is Cc1cc(C(=O)COC(=O)c2cc(S(=O)(=O)N3CCOCC3)ccc2F)c(C)c(C)c1C. The Morgan fingerprint density at radius 2 is 1.66 bits per heavy atom. The van der Waals surface area contributed by atoms with Crippen LogP contribution in [0.1, 0.15) is 43.0 Å². The van der Waals surface area contributed by atoms with Gasteiger partial charge in [-0.2, -0.15) is 4.31 Å². The number of benzene rings is 2. The van der Waals surface area contributed by atoms with Gasteiger partial charge in [0.2, 0.25) is 15.8 Å². The van der Waals surface area contributed by atoms with Crippen LogP contribution in [0.15, 0.2) is 29.2 Å². The van der Waals surface area contributed by atoms with Gasteiger partial charge in [-0.1, -0.05) is 0 Å². The van der Waals surface area contributed by atoms with E-state index in [-0.39, 0.29) is 31.2 Å². The molecule has 0 spiro atoms. The van der Waals surface area contributed by atoms with E-state index in [1.54, 1.807) is 6.07 Å². The second-order valence-corrected chi connectivity index (χ2v) is 9.71. The highest BCUT2D eigenvalue weighted by atomic mass is 32.2. The van der Waals surface area contributed by atoms with Crippen molar-refractivity contribution < 1.29 is 31.9 Å². The smallest absolute Gasteiger partial charge is 0.341 e. The van der Waals surface area contributed by atoms with E-state index in [9.17, 15) is 22.4 Å². The maximum absolute atomic E-state index is 14.3. The normalized spacial score (nSPS) is 14.9. The van der Waals surface area contributed by atoms with E-state index in [4.69, 9.17) is 9.47 Å². The second-order valence-electron chi connectivity index (χ2n) is 7.77. The minimum atomic E-state index is -3.92. The molecule has 0 saturated carbocycles. The number of ketones is 1. The van der Waals surface area contributed by atoms with Crippen molar-refractivity contribution in [3.63, 3.8) is 0 Å². The third-order valence-corrected chi connectivity index (χ3v) is 7.78. The Labute approximate surface area is 187 Å². The fraction of sp³-hybridized carbons (Fsp3) is 0.391. The third-order valence-electron chi connectivity index (χ3n) is 5.88. The number of ether oxygens (including phenoxy) is 2. The number of sulfonamides is 1. The molecule has 0 atom stereocenters. The van der Waals surface area contributed by atoms with Crippen LogP contribution in [0, 0.1) is 33.5 Å². The largest absolute Gasteiger partial charge is 0.454 e. The first-order valence-corrected chi connectivity index (χ1v) is 11.6. The molecule has 2 aromatic carbocycles. The van der Waals surface area contributed by atoms with Crippen LogP contribution < -0.4 is 0 Å². The van der Waals surface area contributed by atoms with Crippen LogP contribution in [0.25, 0.3) is 0 Å². The lowest BCUT2D eigenvalue weighted by Crippen LogP contribution is -2.40. The van der Waals surface area contributed by atoms with Crippen molar-refractivity contribution >= 4 is 21.8 Å². The van der Waals surface area contributed by atoms with E-state index in [0.29, 0.717) is 5.56 Å². The molecule has 0 aromatic heterocycles. The Kier molecular flexibility index (Phi) is 7.12. The zero-order chi connectivity index (χ0) is 23.6. The number of esters is 1. The summed E-state index contributed by atoms with van der Waals surface area (Å²) < 4.78 is 51.3. The predicted molar refractivity (Wildman–Crippen MR) is 116 cm³/mol. The fourth-order valence-electron chi connectivity index (χ4n) is 3.55. The molecule has 0 amide bonds. The van der Waals surface area contributed by atoms with Crippen LogP contribution in [0.4, 0.5) is 4.39 Å². The van der Waals surface area contributed by atoms with Crippen molar-refractivity contribution in [1.29, 1.82) is 0 Å². The van der Waals surface area contributed by atoms with Crippen molar-refractivity contribution in [2.24, 2.45) is 0 Å². The lowest BCUT2D eigenvalue weighted by molar-refractivity contribution is 0.0469. The predicted octanol–water partition coefficient (Wildman–Crippen LogP) is 3.12. The average Bonchev–Trinajstić information content (AvgIpc) is 2.79. The van der Waals surface area contributed by atoms with Crippen molar-refractivity contribution in [2.75, 3.05) is 32.9 Å². The Hall–Kier alpha value is -2.62. The van der Waals surface area contributed by atoms with E-state index >= 15 is 0 Å². The first-order valence-electron chi connectivity index (χ1n) is 10.2. The third kappa shape index (κ3) is 4.74. The molecule has 1 aliphatic heterocycles. The summed E-state index contributed by atoms with van der Waals surface area (Å²) in [6, 6.07) is 4.69. The van der Waals surface area contributed by atoms with E-state index in [1.807, 2.05) is 27.7 Å². The number of carbonyl (C=O) groups is 2. The minimum Gasteiger partial charge on any atom is -0.454 e. The minimum absolute atomic E-state index is 0.169. The molecule has 1 fully saturated rings. The number of carbonyl (C=O) groups excluding carboxylic acids is 2. The summed E-state index contributed by atoms with van der Waals surface area (Å²) in [4.78, 5) is 24.9. The summed E-state index contributed by atoms with van der Waals surface area (Å²) in [5.74, 6) is -2.45. The van der Waals surface area contributed by atoms with E-state index in [0.717, 1.165) is 40.5 Å². The zero-order valence-electron chi connectivity index (χ0n) is 18.5. The molecule has 0 bridgehead atoms. The van der Waals surface area contributed by atoms with Gasteiger partial charge >= 0.3 is 5.97 Å². The molecule has 0 aliphatic carbocycles. The van der Waals surface area contributed by atoms with Crippen LogP contribution in [-0.4, -0.2) is 57.4 Å². The fourth-order valence-corrected chi connectivity index (χ4v) is 4.98. The van der Waals surface area contributed by atoms with Gasteiger partial charge < -0.3 is 9.47 Å². The zero-order valence-corrected chi connectivity index (χ0v) is 19.3. The monoisotopic (exact) mass is 463 g/mol. The Morgan fingerprint density at radius 3 is 2.31 bits per heavy atom. The van der Waals surface area contributed by atoms with Gasteiger partial charge in [0, 0.05) is 18.7 Å². The van der Waals surface area contributed by atoms with Crippen molar-refractivity contribution in [3.05, 3.63) is 63.5 Å². The summed E-state index contributed by atoms with van der Waals surface area (Å²) in [7, 11) is -3.92. The molecule has 1 aliphatic rings. The Balaban J connectivity index is 1.79. The number of hydrogen-bond donors (Lipinski definition) is 0. The number of morpholine rings is 1. The number of halogens is 1. The molecule has 2 aromatic rings. The van der Waals surface area contributed by atoms with Gasteiger partial charge in [0.15, 0.2) is 6.61 Å². The molecule has 0 radical (unpaired) electrons. The summed E-state index contributed by atoms with van der Waals surface area (Å²) in [5.41, 5.74) is 3.68. The lowest BCUT2D eigenvalue weighted by atomic mass is 9.93. The molecule has 7 nitrogen and oxygen atoms in total. The Bertz CT molecular complexity index is 1170. The van der Waals surface area contributed by atoms with Gasteiger partial charge in [-0.05, 0) is 74.2 Å². The number of rotatable bonds is 6. The summed E-state index contributed by atoms with van der Waals surface area (Å²) in [6.07, 6.45) is 0. The Morgan fingerprint density at radius 1 is 1.00 bits per heavy atom. The first kappa shape index (κ1) is 24.0. The maximum Gasteiger partial charge on any atom is 0.341 e. The first-order chi connectivity index (χ1) is 15.0. The van der Waals surface area contributed by atoms with Gasteiger partial charge in [0.25, 0.3) is 0 Å². The molecule has 172 valence electrons. The standard InChI is InChI=1S/C23H26FNO6S/c1-14-11-19(17(4)16(3)15(14)2)22(26)13-31-23(27)20-12-18(5-6-21(20)24)32(28,29)25-7-9-30-10-8-25/h5-6,11-12H,7-10,13H2,1-4H3. The van der Waals surface area contributed by atoms with Gasteiger partial charge in [-0.15, -0.1) is 0 Å². The van der Waals surface area contributed by atoms with Gasteiger partial charge in [0.1, 0.15) is 5.82 Å². The maximum atomic E-state index is 14.3. The van der Waals surface area contributed by atoms with Gasteiger partial charge in [0.05, 0.1) is 23.7 Å². The number of Topliss-reactive ketones (excluding diaryl/α,β-unsaturated/α-hetero) is 1. The number of hydrogen-bond acceptors (Lipinski definition) is 6. The van der Waals surface area contributed by atoms with Crippen molar-refractivity contribution in [1.82, 2.24) is 4.31 Å². The highest BCUT2D eigenvalue weighted by molar-refractivity contribution is 7.89. The van der Waals surface area contributed by atoms with E-state index in [2.05, 4.69) is 0 Å². The van der Waals surface area contributed by atoms with Crippen LogP contribution >= 0.6 is 0 Å². The van der Waals surface area contributed by atoms with Crippen molar-refractivity contribution in [3.8, 4) is 0 Å². The molecule has 9 heteroatoms. The number of aryl methyl sites for hydroxylation is 1. The molecule has 0 N–H and O–H groups in total. The molecule has 1 saturated heterocycles. The molecule has 3 rings (SSSR count). The van der Waals surface area contributed by atoms with Crippen molar-refractivity contribution in [2.45, 2.75) is 32.6 Å². The van der Waals surface area contributed by atoms with E-state index in [1.165, 1.54) is 4.31 Å². The second kappa shape index (κ2) is 9.48. The highest BCUT2D eigenvalue weighted by Gasteiger charge is 2.28. The quantitative estimate of drug-likeness (QED) is 0.483. The summed E-state index contributed by atoms with van der Waals surface area (Å²) in [5, 5.41) is 0. The van der Waals surface area contributed by atoms with Crippen LogP contribution in [-0.2, 0) is 19.5 Å².